The van der Waals surface area contributed by atoms with E-state index in [2.05, 4.69) is 5.16 Å². The first-order valence-corrected chi connectivity index (χ1v) is 5.60. The van der Waals surface area contributed by atoms with E-state index in [9.17, 15) is 9.59 Å². The molecule has 0 fully saturated rings. The lowest BCUT2D eigenvalue weighted by Gasteiger charge is -2.14. The lowest BCUT2D eigenvalue weighted by molar-refractivity contribution is -0.114. The molecule has 0 bridgehead atoms. The topological polar surface area (TPSA) is 63.4 Å². The number of hydrogen-bond acceptors (Lipinski definition) is 4. The van der Waals surface area contributed by atoms with Gasteiger partial charge in [-0.15, -0.1) is 0 Å². The quantitative estimate of drug-likeness (QED) is 0.777. The van der Waals surface area contributed by atoms with Gasteiger partial charge in [0.05, 0.1) is 29.0 Å². The Morgan fingerprint density at radius 1 is 1.28 bits per heavy atom. The standard InChI is InChI=1S/C12H7ClN2O3/c13-8-2-1-3-9-10(8)11(16)12(17)15(9)6-7-4-5-14-18-7/h1-5H,6H2. The summed E-state index contributed by atoms with van der Waals surface area (Å²) in [6.07, 6.45) is 1.48. The number of fused-ring (bicyclic) bond motifs is 1. The van der Waals surface area contributed by atoms with Crippen molar-refractivity contribution in [2.24, 2.45) is 0 Å². The number of carbonyl (C=O) groups excluding carboxylic acids is 2. The highest BCUT2D eigenvalue weighted by Gasteiger charge is 2.37. The van der Waals surface area contributed by atoms with E-state index in [1.807, 2.05) is 0 Å². The molecule has 2 aromatic rings. The Morgan fingerprint density at radius 2 is 2.11 bits per heavy atom. The fourth-order valence-electron chi connectivity index (χ4n) is 1.94. The van der Waals surface area contributed by atoms with E-state index in [0.29, 0.717) is 11.4 Å². The largest absolute Gasteiger partial charge is 0.359 e. The second-order valence-electron chi connectivity index (χ2n) is 3.83. The lowest BCUT2D eigenvalue weighted by atomic mass is 10.1. The van der Waals surface area contributed by atoms with E-state index >= 15 is 0 Å². The fraction of sp³-hybridized carbons (Fsp3) is 0.0833. The van der Waals surface area contributed by atoms with Gasteiger partial charge in [-0.05, 0) is 12.1 Å². The number of ketones is 1. The third-order valence-corrected chi connectivity index (χ3v) is 3.07. The molecule has 0 spiro atoms. The summed E-state index contributed by atoms with van der Waals surface area (Å²) in [6.45, 7) is 0.165. The van der Waals surface area contributed by atoms with Gasteiger partial charge in [0.2, 0.25) is 0 Å². The van der Waals surface area contributed by atoms with Crippen LogP contribution in [0.1, 0.15) is 16.1 Å². The number of anilines is 1. The maximum atomic E-state index is 11.9. The van der Waals surface area contributed by atoms with Crippen LogP contribution < -0.4 is 4.90 Å². The summed E-state index contributed by atoms with van der Waals surface area (Å²) in [5.41, 5.74) is 0.762. The summed E-state index contributed by atoms with van der Waals surface area (Å²) in [5, 5.41) is 3.84. The molecule has 0 atom stereocenters. The number of rotatable bonds is 2. The third-order valence-electron chi connectivity index (χ3n) is 2.75. The average Bonchev–Trinajstić information content (AvgIpc) is 2.94. The van der Waals surface area contributed by atoms with Crippen molar-refractivity contribution in [3.8, 4) is 0 Å². The van der Waals surface area contributed by atoms with Crippen LogP contribution in [0, 0.1) is 0 Å². The molecular formula is C12H7ClN2O3. The molecule has 0 aliphatic carbocycles. The number of nitrogens with zero attached hydrogens (tertiary/aromatic N) is 2. The Labute approximate surface area is 107 Å². The number of Topliss-reactive ketones (excluding diaryl/α,β-unsaturated/α-hetero) is 1. The Kier molecular flexibility index (Phi) is 2.41. The van der Waals surface area contributed by atoms with Gasteiger partial charge < -0.3 is 4.52 Å². The molecule has 3 rings (SSSR count). The minimum absolute atomic E-state index is 0.165. The minimum Gasteiger partial charge on any atom is -0.359 e. The van der Waals surface area contributed by atoms with Crippen molar-refractivity contribution >= 4 is 29.0 Å². The first kappa shape index (κ1) is 11.0. The molecule has 1 aliphatic rings. The van der Waals surface area contributed by atoms with Gasteiger partial charge in [0, 0.05) is 6.07 Å². The van der Waals surface area contributed by atoms with Crippen LogP contribution in [0.4, 0.5) is 5.69 Å². The molecule has 18 heavy (non-hydrogen) atoms. The normalized spacial score (nSPS) is 14.2. The molecule has 1 aromatic carbocycles. The lowest BCUT2D eigenvalue weighted by Crippen LogP contribution is -2.28. The summed E-state index contributed by atoms with van der Waals surface area (Å²) in [6, 6.07) is 6.60. The highest BCUT2D eigenvalue weighted by atomic mass is 35.5. The van der Waals surface area contributed by atoms with Crippen molar-refractivity contribution in [2.75, 3.05) is 4.90 Å². The van der Waals surface area contributed by atoms with Crippen LogP contribution in [0.5, 0.6) is 0 Å². The predicted molar refractivity (Wildman–Crippen MR) is 63.5 cm³/mol. The molecule has 1 amide bonds. The number of halogens is 1. The van der Waals surface area contributed by atoms with Crippen LogP contribution in [0.3, 0.4) is 0 Å². The van der Waals surface area contributed by atoms with E-state index in [1.54, 1.807) is 24.3 Å². The monoisotopic (exact) mass is 262 g/mol. The molecule has 90 valence electrons. The summed E-state index contributed by atoms with van der Waals surface area (Å²) >= 11 is 5.94. The van der Waals surface area contributed by atoms with Gasteiger partial charge in [-0.3, -0.25) is 14.5 Å². The highest BCUT2D eigenvalue weighted by Crippen LogP contribution is 2.34. The van der Waals surface area contributed by atoms with Gasteiger partial charge in [-0.25, -0.2) is 0 Å². The van der Waals surface area contributed by atoms with Crippen molar-refractivity contribution < 1.29 is 14.1 Å². The molecule has 1 aliphatic heterocycles. The number of hydrogen-bond donors (Lipinski definition) is 0. The molecule has 0 saturated heterocycles. The van der Waals surface area contributed by atoms with E-state index in [4.69, 9.17) is 16.1 Å². The highest BCUT2D eigenvalue weighted by molar-refractivity contribution is 6.55. The maximum absolute atomic E-state index is 11.9. The van der Waals surface area contributed by atoms with Gasteiger partial charge in [0.1, 0.15) is 0 Å². The van der Waals surface area contributed by atoms with Gasteiger partial charge in [0.15, 0.2) is 5.76 Å². The van der Waals surface area contributed by atoms with Crippen molar-refractivity contribution in [1.29, 1.82) is 0 Å². The molecule has 5 nitrogen and oxygen atoms in total. The van der Waals surface area contributed by atoms with E-state index in [-0.39, 0.29) is 17.1 Å². The molecule has 6 heteroatoms. The summed E-state index contributed by atoms with van der Waals surface area (Å²) in [5.74, 6) is -0.686. The van der Waals surface area contributed by atoms with Crippen molar-refractivity contribution in [3.63, 3.8) is 0 Å². The maximum Gasteiger partial charge on any atom is 0.299 e. The smallest absolute Gasteiger partial charge is 0.299 e. The van der Waals surface area contributed by atoms with Gasteiger partial charge >= 0.3 is 0 Å². The summed E-state index contributed by atoms with van der Waals surface area (Å²) in [7, 11) is 0. The number of aromatic nitrogens is 1. The summed E-state index contributed by atoms with van der Waals surface area (Å²) in [4.78, 5) is 25.1. The third kappa shape index (κ3) is 1.52. The van der Waals surface area contributed by atoms with Crippen LogP contribution in [0.2, 0.25) is 5.02 Å². The van der Waals surface area contributed by atoms with Gasteiger partial charge in [-0.2, -0.15) is 0 Å². The zero-order valence-corrected chi connectivity index (χ0v) is 9.85. The zero-order valence-electron chi connectivity index (χ0n) is 9.09. The van der Waals surface area contributed by atoms with Gasteiger partial charge in [0.25, 0.3) is 11.7 Å². The minimum atomic E-state index is -0.602. The van der Waals surface area contributed by atoms with E-state index in [1.165, 1.54) is 11.1 Å². The summed E-state index contributed by atoms with van der Waals surface area (Å²) < 4.78 is 4.94. The van der Waals surface area contributed by atoms with Crippen molar-refractivity contribution in [2.45, 2.75) is 6.54 Å². The molecule has 0 unspecified atom stereocenters. The van der Waals surface area contributed by atoms with Crippen molar-refractivity contribution in [3.05, 3.63) is 46.8 Å². The first-order chi connectivity index (χ1) is 8.68. The Balaban J connectivity index is 2.05. The predicted octanol–water partition coefficient (Wildman–Crippen LogP) is 2.06. The molecule has 1 aromatic heterocycles. The Morgan fingerprint density at radius 3 is 2.83 bits per heavy atom. The molecular weight excluding hydrogens is 256 g/mol. The SMILES string of the molecule is O=C1C(=O)N(Cc2ccno2)c2cccc(Cl)c21. The molecule has 0 N–H and O–H groups in total. The number of benzene rings is 1. The average molecular weight is 263 g/mol. The van der Waals surface area contributed by atoms with Crippen LogP contribution in [-0.2, 0) is 11.3 Å². The Bertz CT molecular complexity index is 637. The van der Waals surface area contributed by atoms with Gasteiger partial charge in [-0.1, -0.05) is 22.8 Å². The zero-order chi connectivity index (χ0) is 12.7. The fourth-order valence-corrected chi connectivity index (χ4v) is 2.19. The van der Waals surface area contributed by atoms with E-state index < -0.39 is 11.7 Å². The van der Waals surface area contributed by atoms with Crippen LogP contribution in [-0.4, -0.2) is 16.8 Å². The van der Waals surface area contributed by atoms with Crippen LogP contribution in [0.25, 0.3) is 0 Å². The number of amides is 1. The number of carbonyl (C=O) groups is 2. The van der Waals surface area contributed by atoms with Crippen LogP contribution >= 0.6 is 11.6 Å². The molecule has 0 saturated carbocycles. The molecule has 2 heterocycles. The van der Waals surface area contributed by atoms with Crippen LogP contribution in [0.15, 0.2) is 35.0 Å². The second kappa shape index (κ2) is 3.96. The molecule has 0 radical (unpaired) electrons. The Hall–Kier alpha value is -2.14. The van der Waals surface area contributed by atoms with Crippen molar-refractivity contribution in [1.82, 2.24) is 5.16 Å². The second-order valence-corrected chi connectivity index (χ2v) is 4.24. The van der Waals surface area contributed by atoms with E-state index in [0.717, 1.165) is 0 Å². The first-order valence-electron chi connectivity index (χ1n) is 5.23.